The Labute approximate surface area is 117 Å². The average molecular weight is 268 g/mol. The van der Waals surface area contributed by atoms with E-state index in [1.54, 1.807) is 0 Å². The van der Waals surface area contributed by atoms with Gasteiger partial charge in [-0.25, -0.2) is 4.98 Å². The summed E-state index contributed by atoms with van der Waals surface area (Å²) in [5.74, 6) is 1.25. The lowest BCUT2D eigenvalue weighted by Gasteiger charge is -2.29. The van der Waals surface area contributed by atoms with Gasteiger partial charge >= 0.3 is 0 Å². The SMILES string of the molecule is Nc1ncc(-c2ccccc2)c(N2CC3CC2CO3)n1. The average Bonchev–Trinajstić information content (AvgIpc) is 3.11. The second-order valence-corrected chi connectivity index (χ2v) is 5.33. The Balaban J connectivity index is 1.80. The fraction of sp³-hybridized carbons (Fsp3) is 0.333. The lowest BCUT2D eigenvalue weighted by molar-refractivity contribution is 0.0989. The number of benzene rings is 1. The highest BCUT2D eigenvalue weighted by Crippen LogP contribution is 2.37. The van der Waals surface area contributed by atoms with Crippen molar-refractivity contribution in [1.29, 1.82) is 0 Å². The molecule has 4 rings (SSSR count). The highest BCUT2D eigenvalue weighted by molar-refractivity contribution is 5.76. The molecule has 0 aliphatic carbocycles. The van der Waals surface area contributed by atoms with Gasteiger partial charge in [-0.3, -0.25) is 0 Å². The standard InChI is InChI=1S/C15H16N4O/c16-15-17-7-13(10-4-2-1-3-5-10)14(18-15)19-8-12-6-11(19)9-20-12/h1-5,7,11-12H,6,8-9H2,(H2,16,17,18). The lowest BCUT2D eigenvalue weighted by Crippen LogP contribution is -2.38. The molecule has 2 unspecified atom stereocenters. The molecule has 2 atom stereocenters. The van der Waals surface area contributed by atoms with Gasteiger partial charge in [0.1, 0.15) is 5.82 Å². The molecule has 102 valence electrons. The van der Waals surface area contributed by atoms with E-state index in [0.29, 0.717) is 18.1 Å². The van der Waals surface area contributed by atoms with Gasteiger partial charge in [0.25, 0.3) is 0 Å². The minimum Gasteiger partial charge on any atom is -0.374 e. The molecule has 2 aliphatic rings. The van der Waals surface area contributed by atoms with Crippen LogP contribution in [0.25, 0.3) is 11.1 Å². The maximum Gasteiger partial charge on any atom is 0.221 e. The fourth-order valence-electron chi connectivity index (χ4n) is 3.09. The zero-order valence-corrected chi connectivity index (χ0v) is 11.1. The van der Waals surface area contributed by atoms with Crippen LogP contribution in [0.4, 0.5) is 11.8 Å². The van der Waals surface area contributed by atoms with Crippen molar-refractivity contribution in [2.24, 2.45) is 0 Å². The highest BCUT2D eigenvalue weighted by atomic mass is 16.5. The Kier molecular flexibility index (Phi) is 2.60. The van der Waals surface area contributed by atoms with Crippen LogP contribution in [-0.4, -0.2) is 35.3 Å². The van der Waals surface area contributed by atoms with E-state index < -0.39 is 0 Å². The van der Waals surface area contributed by atoms with E-state index in [1.165, 1.54) is 0 Å². The maximum absolute atomic E-state index is 5.79. The van der Waals surface area contributed by atoms with Gasteiger partial charge in [-0.15, -0.1) is 0 Å². The Hall–Kier alpha value is -2.14. The number of anilines is 2. The molecular weight excluding hydrogens is 252 g/mol. The fourth-order valence-corrected chi connectivity index (χ4v) is 3.09. The number of fused-ring (bicyclic) bond motifs is 2. The molecule has 0 amide bonds. The molecule has 2 bridgehead atoms. The van der Waals surface area contributed by atoms with Gasteiger partial charge in [-0.2, -0.15) is 4.98 Å². The lowest BCUT2D eigenvalue weighted by atomic mass is 10.1. The Bertz CT molecular complexity index is 631. The van der Waals surface area contributed by atoms with E-state index in [-0.39, 0.29) is 0 Å². The summed E-state index contributed by atoms with van der Waals surface area (Å²) in [6, 6.07) is 10.6. The second kappa shape index (κ2) is 4.45. The molecule has 2 saturated heterocycles. The van der Waals surface area contributed by atoms with E-state index in [4.69, 9.17) is 10.5 Å². The number of rotatable bonds is 2. The van der Waals surface area contributed by atoms with Crippen molar-refractivity contribution in [2.75, 3.05) is 23.8 Å². The zero-order chi connectivity index (χ0) is 13.5. The van der Waals surface area contributed by atoms with Crippen LogP contribution in [0.15, 0.2) is 36.5 Å². The van der Waals surface area contributed by atoms with E-state index in [1.807, 2.05) is 24.4 Å². The smallest absolute Gasteiger partial charge is 0.221 e. The van der Waals surface area contributed by atoms with E-state index >= 15 is 0 Å². The van der Waals surface area contributed by atoms with Gasteiger partial charge < -0.3 is 15.4 Å². The van der Waals surface area contributed by atoms with Gasteiger partial charge in [0.15, 0.2) is 0 Å². The van der Waals surface area contributed by atoms with Gasteiger partial charge in [-0.05, 0) is 12.0 Å². The molecule has 2 aliphatic heterocycles. The normalized spacial score (nSPS) is 24.3. The summed E-state index contributed by atoms with van der Waals surface area (Å²) in [7, 11) is 0. The highest BCUT2D eigenvalue weighted by Gasteiger charge is 2.40. The van der Waals surface area contributed by atoms with Crippen LogP contribution in [0, 0.1) is 0 Å². The maximum atomic E-state index is 5.79. The predicted octanol–water partition coefficient (Wildman–Crippen LogP) is 1.70. The molecule has 2 fully saturated rings. The summed E-state index contributed by atoms with van der Waals surface area (Å²) >= 11 is 0. The van der Waals surface area contributed by atoms with Gasteiger partial charge in [0.05, 0.1) is 18.8 Å². The summed E-state index contributed by atoms with van der Waals surface area (Å²) in [6.07, 6.45) is 3.23. The quantitative estimate of drug-likeness (QED) is 0.898. The van der Waals surface area contributed by atoms with Crippen molar-refractivity contribution in [1.82, 2.24) is 9.97 Å². The summed E-state index contributed by atoms with van der Waals surface area (Å²) < 4.78 is 5.66. The second-order valence-electron chi connectivity index (χ2n) is 5.33. The third kappa shape index (κ3) is 1.82. The molecule has 5 heteroatoms. The first-order valence-electron chi connectivity index (χ1n) is 6.87. The molecule has 5 nitrogen and oxygen atoms in total. The summed E-state index contributed by atoms with van der Waals surface area (Å²) in [4.78, 5) is 11.0. The van der Waals surface area contributed by atoms with Gasteiger partial charge in [0.2, 0.25) is 5.95 Å². The van der Waals surface area contributed by atoms with Crippen molar-refractivity contribution in [2.45, 2.75) is 18.6 Å². The molecule has 3 heterocycles. The van der Waals surface area contributed by atoms with Crippen LogP contribution in [0.3, 0.4) is 0 Å². The zero-order valence-electron chi connectivity index (χ0n) is 11.1. The van der Waals surface area contributed by atoms with Crippen molar-refractivity contribution >= 4 is 11.8 Å². The van der Waals surface area contributed by atoms with Crippen LogP contribution < -0.4 is 10.6 Å². The molecule has 20 heavy (non-hydrogen) atoms. The molecule has 0 spiro atoms. The van der Waals surface area contributed by atoms with Crippen LogP contribution in [0.5, 0.6) is 0 Å². The minimum absolute atomic E-state index is 0.323. The van der Waals surface area contributed by atoms with Crippen LogP contribution in [0.2, 0.25) is 0 Å². The first-order chi connectivity index (χ1) is 9.81. The molecule has 0 saturated carbocycles. The number of nitrogens with two attached hydrogens (primary N) is 1. The number of ether oxygens (including phenoxy) is 1. The van der Waals surface area contributed by atoms with E-state index in [0.717, 1.165) is 36.5 Å². The molecule has 1 aromatic heterocycles. The number of aromatic nitrogens is 2. The van der Waals surface area contributed by atoms with Gasteiger partial charge in [0, 0.05) is 18.3 Å². The molecule has 2 aromatic rings. The first-order valence-corrected chi connectivity index (χ1v) is 6.87. The summed E-state index contributed by atoms with van der Waals surface area (Å²) in [5, 5.41) is 0. The summed E-state index contributed by atoms with van der Waals surface area (Å²) in [6.45, 7) is 1.67. The largest absolute Gasteiger partial charge is 0.374 e. The number of hydrogen-bond acceptors (Lipinski definition) is 5. The van der Waals surface area contributed by atoms with Crippen molar-refractivity contribution in [3.05, 3.63) is 36.5 Å². The van der Waals surface area contributed by atoms with Crippen molar-refractivity contribution in [3.8, 4) is 11.1 Å². The Morgan fingerprint density at radius 1 is 1.25 bits per heavy atom. The first kappa shape index (κ1) is 11.7. The number of nitrogens with zero attached hydrogens (tertiary/aromatic N) is 3. The molecule has 1 aromatic carbocycles. The van der Waals surface area contributed by atoms with Crippen LogP contribution >= 0.6 is 0 Å². The molecule has 2 N–H and O–H groups in total. The number of nitrogen functional groups attached to an aromatic ring is 1. The predicted molar refractivity (Wildman–Crippen MR) is 77.4 cm³/mol. The minimum atomic E-state index is 0.323. The topological polar surface area (TPSA) is 64.3 Å². The Morgan fingerprint density at radius 2 is 2.10 bits per heavy atom. The van der Waals surface area contributed by atoms with Crippen molar-refractivity contribution in [3.63, 3.8) is 0 Å². The van der Waals surface area contributed by atoms with Gasteiger partial charge in [-0.1, -0.05) is 30.3 Å². The Morgan fingerprint density at radius 3 is 2.80 bits per heavy atom. The molecule has 0 radical (unpaired) electrons. The third-order valence-electron chi connectivity index (χ3n) is 4.04. The number of hydrogen-bond donors (Lipinski definition) is 1. The van der Waals surface area contributed by atoms with Crippen LogP contribution in [0.1, 0.15) is 6.42 Å². The summed E-state index contributed by atoms with van der Waals surface area (Å²) in [5.41, 5.74) is 7.94. The van der Waals surface area contributed by atoms with E-state index in [2.05, 4.69) is 27.0 Å². The van der Waals surface area contributed by atoms with E-state index in [9.17, 15) is 0 Å². The van der Waals surface area contributed by atoms with Crippen LogP contribution in [-0.2, 0) is 4.74 Å². The number of morpholine rings is 1. The third-order valence-corrected chi connectivity index (χ3v) is 4.04. The molecular formula is C15H16N4O. The monoisotopic (exact) mass is 268 g/mol. The van der Waals surface area contributed by atoms with Crippen molar-refractivity contribution < 1.29 is 4.74 Å².